The zero-order valence-corrected chi connectivity index (χ0v) is 17.0. The first kappa shape index (κ1) is 20.4. The molecule has 0 N–H and O–H groups in total. The van der Waals surface area contributed by atoms with E-state index in [2.05, 4.69) is 20.0 Å². The molecule has 10 nitrogen and oxygen atoms in total. The molecule has 1 saturated heterocycles. The average Bonchev–Trinajstić information content (AvgIpc) is 3.26. The Kier molecular flexibility index (Phi) is 5.54. The monoisotopic (exact) mass is 420 g/mol. The van der Waals surface area contributed by atoms with Crippen molar-refractivity contribution in [2.24, 2.45) is 17.3 Å². The maximum atomic E-state index is 12.9. The van der Waals surface area contributed by atoms with Gasteiger partial charge >= 0.3 is 0 Å². The Balaban J connectivity index is 1.46. The predicted octanol–water partition coefficient (Wildman–Crippen LogP) is 1.75. The molecular formula is C21H20N6O4. The van der Waals surface area contributed by atoms with Gasteiger partial charge in [-0.2, -0.15) is 10.2 Å². The fourth-order valence-electron chi connectivity index (χ4n) is 3.36. The minimum Gasteiger partial charge on any atom is -0.539 e. The van der Waals surface area contributed by atoms with Crippen molar-refractivity contribution in [1.29, 1.82) is 0 Å². The first-order valence-electron chi connectivity index (χ1n) is 9.60. The van der Waals surface area contributed by atoms with Crippen LogP contribution >= 0.6 is 0 Å². The Hall–Kier alpha value is -3.92. The van der Waals surface area contributed by atoms with Crippen LogP contribution in [0.15, 0.2) is 69.3 Å². The molecule has 3 aromatic rings. The molecule has 0 radical (unpaired) electrons. The number of hydrogen-bond acceptors (Lipinski definition) is 8. The van der Waals surface area contributed by atoms with Crippen LogP contribution in [0, 0.1) is 0 Å². The van der Waals surface area contributed by atoms with Crippen molar-refractivity contribution in [3.63, 3.8) is 0 Å². The number of rotatable bonds is 6. The highest BCUT2D eigenvalue weighted by atomic mass is 16.6. The number of amides is 2. The normalized spacial score (nSPS) is 16.7. The summed E-state index contributed by atoms with van der Waals surface area (Å²) < 4.78 is 5.93. The second-order valence-electron chi connectivity index (χ2n) is 7.19. The number of imide groups is 1. The van der Waals surface area contributed by atoms with Crippen LogP contribution in [0.5, 0.6) is 5.95 Å². The molecule has 4 rings (SSSR count). The third kappa shape index (κ3) is 4.19. The number of benzene rings is 2. The number of anilines is 1. The van der Waals surface area contributed by atoms with Gasteiger partial charge in [-0.25, -0.2) is 4.90 Å². The van der Waals surface area contributed by atoms with E-state index in [1.54, 1.807) is 43.3 Å². The molecule has 0 bridgehead atoms. The maximum absolute atomic E-state index is 12.9. The van der Waals surface area contributed by atoms with Gasteiger partial charge in [0.1, 0.15) is 0 Å². The number of likely N-dealkylation sites (N-methyl/N-ethyl adjacent to an activating group) is 1. The van der Waals surface area contributed by atoms with Crippen molar-refractivity contribution in [3.05, 3.63) is 60.3 Å². The van der Waals surface area contributed by atoms with Crippen molar-refractivity contribution >= 4 is 28.9 Å². The summed E-state index contributed by atoms with van der Waals surface area (Å²) in [4.78, 5) is 28.3. The highest BCUT2D eigenvalue weighted by Gasteiger charge is 2.42. The summed E-state index contributed by atoms with van der Waals surface area (Å²) in [5, 5.41) is 23.6. The molecule has 0 spiro atoms. The van der Waals surface area contributed by atoms with Crippen molar-refractivity contribution < 1.29 is 23.9 Å². The molecule has 0 saturated carbocycles. The van der Waals surface area contributed by atoms with Crippen LogP contribution in [0.1, 0.15) is 12.1 Å². The largest absolute Gasteiger partial charge is 0.539 e. The standard InChI is InChI=1S/C21H20N6O4/c1-25(13-18-21(30)31-24-26(18)2)17-12-19(28)27(20(17)29)16-10-8-15(9-11-16)23-22-14-6-4-3-5-7-14/h3-11,17H,12-13H2,1-2H3. The summed E-state index contributed by atoms with van der Waals surface area (Å²) in [7, 11) is 3.26. The first-order valence-corrected chi connectivity index (χ1v) is 9.60. The summed E-state index contributed by atoms with van der Waals surface area (Å²) in [5.74, 6) is -1.22. The van der Waals surface area contributed by atoms with E-state index in [1.807, 2.05) is 30.3 Å². The highest BCUT2D eigenvalue weighted by Crippen LogP contribution is 2.28. The molecule has 158 valence electrons. The van der Waals surface area contributed by atoms with Crippen molar-refractivity contribution in [3.8, 4) is 5.95 Å². The smallest absolute Gasteiger partial charge is 0.251 e. The molecule has 2 aromatic carbocycles. The number of carbonyl (C=O) groups is 2. The molecule has 2 heterocycles. The molecule has 0 aliphatic carbocycles. The molecule has 2 amide bonds. The number of carbonyl (C=O) groups excluding carboxylic acids is 2. The lowest BCUT2D eigenvalue weighted by Crippen LogP contribution is -2.43. The lowest BCUT2D eigenvalue weighted by Gasteiger charge is -2.21. The van der Waals surface area contributed by atoms with Gasteiger partial charge < -0.3 is 9.63 Å². The van der Waals surface area contributed by atoms with Crippen LogP contribution in [-0.4, -0.2) is 35.1 Å². The lowest BCUT2D eigenvalue weighted by molar-refractivity contribution is -0.747. The number of aromatic nitrogens is 2. The van der Waals surface area contributed by atoms with Crippen LogP contribution in [-0.2, 0) is 23.2 Å². The van der Waals surface area contributed by atoms with Crippen LogP contribution in [0.25, 0.3) is 0 Å². The van der Waals surface area contributed by atoms with E-state index in [1.165, 1.54) is 4.68 Å². The molecular weight excluding hydrogens is 400 g/mol. The second-order valence-corrected chi connectivity index (χ2v) is 7.19. The Bertz CT molecular complexity index is 1110. The maximum Gasteiger partial charge on any atom is 0.251 e. The van der Waals surface area contributed by atoms with Crippen molar-refractivity contribution in [2.45, 2.75) is 19.0 Å². The van der Waals surface area contributed by atoms with Gasteiger partial charge in [-0.3, -0.25) is 14.5 Å². The molecule has 1 unspecified atom stereocenters. The van der Waals surface area contributed by atoms with Crippen LogP contribution in [0.3, 0.4) is 0 Å². The van der Waals surface area contributed by atoms with E-state index in [-0.39, 0.29) is 24.8 Å². The number of azo groups is 1. The van der Waals surface area contributed by atoms with E-state index in [4.69, 9.17) is 0 Å². The summed E-state index contributed by atoms with van der Waals surface area (Å²) in [5.41, 5.74) is 2.09. The predicted molar refractivity (Wildman–Crippen MR) is 107 cm³/mol. The number of aryl methyl sites for hydroxylation is 1. The summed E-state index contributed by atoms with van der Waals surface area (Å²) in [6.07, 6.45) is 0.0218. The Morgan fingerprint density at radius 2 is 1.77 bits per heavy atom. The van der Waals surface area contributed by atoms with Gasteiger partial charge in [0.05, 0.1) is 41.3 Å². The third-order valence-corrected chi connectivity index (χ3v) is 5.07. The average molecular weight is 420 g/mol. The van der Waals surface area contributed by atoms with Crippen LogP contribution in [0.2, 0.25) is 0 Å². The number of nitrogens with zero attached hydrogens (tertiary/aromatic N) is 6. The Morgan fingerprint density at radius 1 is 1.13 bits per heavy atom. The summed E-state index contributed by atoms with van der Waals surface area (Å²) in [6.45, 7) is 0.134. The Labute approximate surface area is 178 Å². The van der Waals surface area contributed by atoms with Gasteiger partial charge in [-0.05, 0) is 43.4 Å². The fraction of sp³-hybridized carbons (Fsp3) is 0.238. The topological polar surface area (TPSA) is 118 Å². The highest BCUT2D eigenvalue weighted by molar-refractivity contribution is 6.22. The lowest BCUT2D eigenvalue weighted by atomic mass is 10.2. The molecule has 1 aliphatic rings. The second kappa shape index (κ2) is 8.44. The molecule has 10 heteroatoms. The van der Waals surface area contributed by atoms with Gasteiger partial charge in [0.25, 0.3) is 5.91 Å². The van der Waals surface area contributed by atoms with Crippen LogP contribution in [0.4, 0.5) is 17.1 Å². The first-order chi connectivity index (χ1) is 14.9. The minimum absolute atomic E-state index is 0.0218. The third-order valence-electron chi connectivity index (χ3n) is 5.07. The van der Waals surface area contributed by atoms with Gasteiger partial charge in [0.2, 0.25) is 11.6 Å². The molecule has 31 heavy (non-hydrogen) atoms. The fourth-order valence-corrected chi connectivity index (χ4v) is 3.36. The van der Waals surface area contributed by atoms with E-state index >= 15 is 0 Å². The van der Waals surface area contributed by atoms with Crippen molar-refractivity contribution in [2.75, 3.05) is 11.9 Å². The van der Waals surface area contributed by atoms with E-state index in [0.717, 1.165) is 10.6 Å². The quantitative estimate of drug-likeness (QED) is 0.341. The molecule has 1 atom stereocenters. The minimum atomic E-state index is -0.681. The van der Waals surface area contributed by atoms with Gasteiger partial charge in [0.15, 0.2) is 13.0 Å². The molecule has 1 aromatic heterocycles. The zero-order valence-electron chi connectivity index (χ0n) is 17.0. The summed E-state index contributed by atoms with van der Waals surface area (Å²) >= 11 is 0. The van der Waals surface area contributed by atoms with E-state index < -0.39 is 12.0 Å². The molecule has 1 aliphatic heterocycles. The van der Waals surface area contributed by atoms with E-state index in [9.17, 15) is 14.7 Å². The molecule has 1 fully saturated rings. The van der Waals surface area contributed by atoms with Crippen LogP contribution < -0.4 is 14.7 Å². The Morgan fingerprint density at radius 3 is 2.39 bits per heavy atom. The van der Waals surface area contributed by atoms with Crippen molar-refractivity contribution in [1.82, 2.24) is 10.2 Å². The number of hydrogen-bond donors (Lipinski definition) is 0. The van der Waals surface area contributed by atoms with Gasteiger partial charge in [0, 0.05) is 0 Å². The SMILES string of the molecule is CN(Cc1c([O-])on[n+]1C)C1CC(=O)N(c2ccc(N=Nc3ccccc3)cc2)C1=O. The summed E-state index contributed by atoms with van der Waals surface area (Å²) in [6, 6.07) is 15.3. The van der Waals surface area contributed by atoms with E-state index in [0.29, 0.717) is 17.1 Å². The van der Waals surface area contributed by atoms with Gasteiger partial charge in [-0.15, -0.1) is 0 Å². The van der Waals surface area contributed by atoms with Gasteiger partial charge in [-0.1, -0.05) is 22.9 Å². The zero-order chi connectivity index (χ0) is 22.0.